The van der Waals surface area contributed by atoms with Gasteiger partial charge in [-0.25, -0.2) is 9.97 Å². The molecule has 1 aliphatic carbocycles. The molecule has 1 saturated carbocycles. The van der Waals surface area contributed by atoms with E-state index in [9.17, 15) is 5.11 Å². The maximum Gasteiger partial charge on any atom is 0.137 e. The van der Waals surface area contributed by atoms with Gasteiger partial charge in [0.1, 0.15) is 12.1 Å². The van der Waals surface area contributed by atoms with Crippen molar-refractivity contribution in [1.29, 1.82) is 0 Å². The van der Waals surface area contributed by atoms with Crippen molar-refractivity contribution in [3.63, 3.8) is 0 Å². The molecule has 0 amide bonds. The molecule has 0 atom stereocenters. The zero-order chi connectivity index (χ0) is 13.3. The van der Waals surface area contributed by atoms with Gasteiger partial charge in [-0.3, -0.25) is 0 Å². The quantitative estimate of drug-likeness (QED) is 0.733. The van der Waals surface area contributed by atoms with Crippen LogP contribution in [0, 0.1) is 0 Å². The minimum absolute atomic E-state index is 0.126. The molecule has 1 aromatic carbocycles. The molecule has 0 saturated heterocycles. The molecule has 1 aromatic heterocycles. The fourth-order valence-electron chi connectivity index (χ4n) is 2.80. The second kappa shape index (κ2) is 4.66. The predicted molar refractivity (Wildman–Crippen MR) is 75.9 cm³/mol. The van der Waals surface area contributed by atoms with Gasteiger partial charge in [0, 0.05) is 11.1 Å². The summed E-state index contributed by atoms with van der Waals surface area (Å²) >= 11 is 0. The first kappa shape index (κ1) is 12.2. The fraction of sp³-hybridized carbons (Fsp3) is 0.429. The van der Waals surface area contributed by atoms with Crippen LogP contribution in [0.15, 0.2) is 24.5 Å². The van der Waals surface area contributed by atoms with Crippen LogP contribution in [0.1, 0.15) is 25.7 Å². The molecule has 3 rings (SSSR count). The van der Waals surface area contributed by atoms with Crippen molar-refractivity contribution in [2.45, 2.75) is 31.2 Å². The number of hydrogen-bond acceptors (Lipinski definition) is 5. The molecule has 0 spiro atoms. The van der Waals surface area contributed by atoms with E-state index >= 15 is 0 Å². The largest absolute Gasteiger partial charge is 0.399 e. The van der Waals surface area contributed by atoms with Gasteiger partial charge in [-0.2, -0.15) is 0 Å². The van der Waals surface area contributed by atoms with E-state index in [-0.39, 0.29) is 12.1 Å². The Hall–Kier alpha value is -1.88. The molecule has 0 radical (unpaired) electrons. The summed E-state index contributed by atoms with van der Waals surface area (Å²) in [4.78, 5) is 8.55. The van der Waals surface area contributed by atoms with Gasteiger partial charge in [0.05, 0.1) is 17.7 Å². The fourth-order valence-corrected chi connectivity index (χ4v) is 2.80. The average molecular weight is 258 g/mol. The van der Waals surface area contributed by atoms with Crippen molar-refractivity contribution >= 4 is 22.4 Å². The number of anilines is 2. The minimum atomic E-state index is -0.244. The van der Waals surface area contributed by atoms with Gasteiger partial charge in [0.2, 0.25) is 0 Å². The summed E-state index contributed by atoms with van der Waals surface area (Å²) in [5.74, 6) is 0.758. The first-order chi connectivity index (χ1) is 9.22. The van der Waals surface area contributed by atoms with Crippen LogP contribution >= 0.6 is 0 Å². The summed E-state index contributed by atoms with van der Waals surface area (Å²) in [5, 5.41) is 14.0. The number of aliphatic hydroxyl groups excluding tert-OH is 1. The number of nitrogens with one attached hydrogen (secondary N) is 1. The number of nitrogen functional groups attached to an aromatic ring is 1. The molecule has 5 nitrogen and oxygen atoms in total. The Bertz CT molecular complexity index is 593. The summed E-state index contributed by atoms with van der Waals surface area (Å²) in [6.45, 7) is 0.126. The molecule has 0 bridgehead atoms. The van der Waals surface area contributed by atoms with Crippen molar-refractivity contribution < 1.29 is 5.11 Å². The van der Waals surface area contributed by atoms with Crippen LogP contribution in [0.3, 0.4) is 0 Å². The summed E-state index contributed by atoms with van der Waals surface area (Å²) in [6, 6.07) is 5.59. The average Bonchev–Trinajstić information content (AvgIpc) is 2.89. The normalized spacial score (nSPS) is 17.7. The van der Waals surface area contributed by atoms with E-state index in [1.807, 2.05) is 18.2 Å². The van der Waals surface area contributed by atoms with E-state index in [1.165, 1.54) is 0 Å². The lowest BCUT2D eigenvalue weighted by molar-refractivity contribution is 0.214. The highest BCUT2D eigenvalue weighted by Gasteiger charge is 2.33. The standard InChI is InChI=1S/C14H18N4O/c15-10-3-4-12-11(7-10)13(17-9-16-12)18-14(8-19)5-1-2-6-14/h3-4,7,9,19H,1-2,5-6,8,15H2,(H,16,17,18). The van der Waals surface area contributed by atoms with E-state index in [0.29, 0.717) is 5.69 Å². The van der Waals surface area contributed by atoms with Crippen LogP contribution < -0.4 is 11.1 Å². The number of aliphatic hydroxyl groups is 1. The minimum Gasteiger partial charge on any atom is -0.399 e. The third kappa shape index (κ3) is 2.21. The maximum absolute atomic E-state index is 9.67. The Morgan fingerprint density at radius 2 is 2.05 bits per heavy atom. The topological polar surface area (TPSA) is 84.1 Å². The first-order valence-corrected chi connectivity index (χ1v) is 6.62. The van der Waals surface area contributed by atoms with Gasteiger partial charge < -0.3 is 16.2 Å². The number of rotatable bonds is 3. The van der Waals surface area contributed by atoms with Crippen molar-refractivity contribution in [2.75, 3.05) is 17.7 Å². The van der Waals surface area contributed by atoms with Crippen LogP contribution in [-0.2, 0) is 0 Å². The number of benzene rings is 1. The van der Waals surface area contributed by atoms with E-state index < -0.39 is 0 Å². The molecule has 4 N–H and O–H groups in total. The molecule has 1 aliphatic rings. The van der Waals surface area contributed by atoms with Crippen LogP contribution in [0.25, 0.3) is 10.9 Å². The Morgan fingerprint density at radius 3 is 2.79 bits per heavy atom. The van der Waals surface area contributed by atoms with E-state index in [1.54, 1.807) is 6.33 Å². The second-order valence-corrected chi connectivity index (χ2v) is 5.27. The zero-order valence-electron chi connectivity index (χ0n) is 10.8. The lowest BCUT2D eigenvalue weighted by Crippen LogP contribution is -2.39. The summed E-state index contributed by atoms with van der Waals surface area (Å²) in [6.07, 6.45) is 5.76. The number of fused-ring (bicyclic) bond motifs is 1. The van der Waals surface area contributed by atoms with Crippen LogP contribution in [0.4, 0.5) is 11.5 Å². The number of hydrogen-bond donors (Lipinski definition) is 3. The monoisotopic (exact) mass is 258 g/mol. The summed E-state index contributed by atoms with van der Waals surface area (Å²) in [5.41, 5.74) is 7.14. The Labute approximate surface area is 111 Å². The lowest BCUT2D eigenvalue weighted by Gasteiger charge is -2.29. The van der Waals surface area contributed by atoms with Gasteiger partial charge in [0.25, 0.3) is 0 Å². The molecule has 1 fully saturated rings. The Morgan fingerprint density at radius 1 is 1.26 bits per heavy atom. The Balaban J connectivity index is 2.02. The summed E-state index contributed by atoms with van der Waals surface area (Å²) in [7, 11) is 0. The third-order valence-electron chi connectivity index (χ3n) is 3.91. The highest BCUT2D eigenvalue weighted by Crippen LogP contribution is 2.34. The molecule has 1 heterocycles. The van der Waals surface area contributed by atoms with Crippen molar-refractivity contribution in [1.82, 2.24) is 9.97 Å². The van der Waals surface area contributed by atoms with E-state index in [2.05, 4.69) is 15.3 Å². The van der Waals surface area contributed by atoms with Crippen LogP contribution in [-0.4, -0.2) is 27.2 Å². The van der Waals surface area contributed by atoms with Crippen LogP contribution in [0.2, 0.25) is 0 Å². The Kier molecular flexibility index (Phi) is 2.98. The second-order valence-electron chi connectivity index (χ2n) is 5.27. The van der Waals surface area contributed by atoms with Crippen molar-refractivity contribution in [2.24, 2.45) is 0 Å². The van der Waals surface area contributed by atoms with Gasteiger partial charge in [0.15, 0.2) is 0 Å². The SMILES string of the molecule is Nc1ccc2ncnc(NC3(CO)CCCC3)c2c1. The van der Waals surface area contributed by atoms with Crippen molar-refractivity contribution in [3.8, 4) is 0 Å². The van der Waals surface area contributed by atoms with Crippen molar-refractivity contribution in [3.05, 3.63) is 24.5 Å². The molecule has 100 valence electrons. The predicted octanol–water partition coefficient (Wildman–Crippen LogP) is 1.93. The van der Waals surface area contributed by atoms with Gasteiger partial charge >= 0.3 is 0 Å². The molecule has 0 aliphatic heterocycles. The van der Waals surface area contributed by atoms with E-state index in [0.717, 1.165) is 42.4 Å². The molecular weight excluding hydrogens is 240 g/mol. The molecule has 5 heteroatoms. The van der Waals surface area contributed by atoms with Crippen LogP contribution in [0.5, 0.6) is 0 Å². The number of nitrogens with two attached hydrogens (primary N) is 1. The maximum atomic E-state index is 9.67. The number of nitrogens with zero attached hydrogens (tertiary/aromatic N) is 2. The van der Waals surface area contributed by atoms with E-state index in [4.69, 9.17) is 5.73 Å². The first-order valence-electron chi connectivity index (χ1n) is 6.62. The molecular formula is C14H18N4O. The third-order valence-corrected chi connectivity index (χ3v) is 3.91. The van der Waals surface area contributed by atoms with Gasteiger partial charge in [-0.05, 0) is 31.0 Å². The van der Waals surface area contributed by atoms with Gasteiger partial charge in [-0.1, -0.05) is 12.8 Å². The lowest BCUT2D eigenvalue weighted by atomic mass is 9.98. The zero-order valence-corrected chi connectivity index (χ0v) is 10.8. The van der Waals surface area contributed by atoms with Gasteiger partial charge in [-0.15, -0.1) is 0 Å². The molecule has 0 unspecified atom stereocenters. The highest BCUT2D eigenvalue weighted by molar-refractivity contribution is 5.91. The number of aromatic nitrogens is 2. The summed E-state index contributed by atoms with van der Waals surface area (Å²) < 4.78 is 0. The molecule has 2 aromatic rings. The highest BCUT2D eigenvalue weighted by atomic mass is 16.3. The smallest absolute Gasteiger partial charge is 0.137 e. The molecule has 19 heavy (non-hydrogen) atoms.